The fourth-order valence-corrected chi connectivity index (χ4v) is 2.51. The lowest BCUT2D eigenvalue weighted by Gasteiger charge is -2.31. The summed E-state index contributed by atoms with van der Waals surface area (Å²) in [5.41, 5.74) is 2.10. The van der Waals surface area contributed by atoms with Crippen LogP contribution in [0.5, 0.6) is 0 Å². The molecule has 3 heteroatoms. The molecule has 2 rings (SSSR count). The molecule has 0 amide bonds. The van der Waals surface area contributed by atoms with Gasteiger partial charge < -0.3 is 10.0 Å². The Balaban J connectivity index is 2.17. The first-order valence-corrected chi connectivity index (χ1v) is 7.08. The smallest absolute Gasteiger partial charge is 0.129 e. The highest BCUT2D eigenvalue weighted by Crippen LogP contribution is 2.23. The number of nitrogens with zero attached hydrogens (tertiary/aromatic N) is 2. The van der Waals surface area contributed by atoms with E-state index in [1.165, 1.54) is 12.8 Å². The molecule has 1 aromatic rings. The fraction of sp³-hybridized carbons (Fsp3) is 0.667. The van der Waals surface area contributed by atoms with Gasteiger partial charge in [-0.05, 0) is 42.9 Å². The van der Waals surface area contributed by atoms with E-state index in [9.17, 15) is 5.11 Å². The molecule has 1 N–H and O–H groups in total. The molecule has 1 fully saturated rings. The number of pyridine rings is 1. The zero-order chi connectivity index (χ0) is 13.0. The van der Waals surface area contributed by atoms with Crippen LogP contribution in [0.4, 0.5) is 5.82 Å². The predicted octanol–water partition coefficient (Wildman–Crippen LogP) is 2.76. The molecule has 0 saturated carbocycles. The maximum absolute atomic E-state index is 9.35. The van der Waals surface area contributed by atoms with Crippen LogP contribution >= 0.6 is 0 Å². The zero-order valence-corrected chi connectivity index (χ0v) is 11.5. The van der Waals surface area contributed by atoms with Crippen molar-refractivity contribution in [3.63, 3.8) is 0 Å². The molecule has 3 nitrogen and oxygen atoms in total. The second-order valence-corrected chi connectivity index (χ2v) is 5.40. The summed E-state index contributed by atoms with van der Waals surface area (Å²) in [7, 11) is 0. The molecule has 0 spiro atoms. The largest absolute Gasteiger partial charge is 0.392 e. The van der Waals surface area contributed by atoms with Crippen molar-refractivity contribution in [2.45, 2.75) is 46.1 Å². The summed E-state index contributed by atoms with van der Waals surface area (Å²) in [6, 6.07) is 4.06. The molecule has 1 aliphatic rings. The van der Waals surface area contributed by atoms with Gasteiger partial charge in [0, 0.05) is 18.8 Å². The number of aliphatic hydroxyl groups is 1. The van der Waals surface area contributed by atoms with Gasteiger partial charge in [0.2, 0.25) is 0 Å². The third-order valence-corrected chi connectivity index (χ3v) is 3.72. The number of piperidine rings is 1. The summed E-state index contributed by atoms with van der Waals surface area (Å²) in [6.07, 6.45) is 4.58. The SMILES string of the molecule is CCCc1cc(CO)cc(N2CCC(C)CC2)n1. The summed E-state index contributed by atoms with van der Waals surface area (Å²) in [5, 5.41) is 9.35. The molecule has 1 aromatic heterocycles. The molecular weight excluding hydrogens is 224 g/mol. The highest BCUT2D eigenvalue weighted by Gasteiger charge is 2.17. The normalized spacial score (nSPS) is 17.2. The van der Waals surface area contributed by atoms with Gasteiger partial charge in [-0.1, -0.05) is 20.3 Å². The van der Waals surface area contributed by atoms with E-state index < -0.39 is 0 Å². The lowest BCUT2D eigenvalue weighted by Crippen LogP contribution is -2.33. The van der Waals surface area contributed by atoms with Crippen LogP contribution in [0, 0.1) is 5.92 Å². The maximum Gasteiger partial charge on any atom is 0.129 e. The van der Waals surface area contributed by atoms with E-state index in [-0.39, 0.29) is 6.61 Å². The highest BCUT2D eigenvalue weighted by molar-refractivity contribution is 5.43. The van der Waals surface area contributed by atoms with Crippen molar-refractivity contribution in [2.75, 3.05) is 18.0 Å². The molecule has 0 unspecified atom stereocenters. The van der Waals surface area contributed by atoms with Crippen molar-refractivity contribution in [3.8, 4) is 0 Å². The summed E-state index contributed by atoms with van der Waals surface area (Å²) >= 11 is 0. The van der Waals surface area contributed by atoms with Gasteiger partial charge in [-0.3, -0.25) is 0 Å². The molecule has 18 heavy (non-hydrogen) atoms. The lowest BCUT2D eigenvalue weighted by atomic mass is 9.99. The molecule has 0 radical (unpaired) electrons. The molecule has 0 bridgehead atoms. The second kappa shape index (κ2) is 6.19. The summed E-state index contributed by atoms with van der Waals surface area (Å²) < 4.78 is 0. The first-order valence-electron chi connectivity index (χ1n) is 7.08. The predicted molar refractivity (Wildman–Crippen MR) is 74.8 cm³/mol. The molecule has 100 valence electrons. The molecule has 0 atom stereocenters. The van der Waals surface area contributed by atoms with E-state index in [0.717, 1.165) is 48.9 Å². The number of aromatic nitrogens is 1. The number of rotatable bonds is 4. The van der Waals surface area contributed by atoms with Crippen LogP contribution in [0.2, 0.25) is 0 Å². The average molecular weight is 248 g/mol. The summed E-state index contributed by atoms with van der Waals surface area (Å²) in [6.45, 7) is 6.77. The minimum absolute atomic E-state index is 0.108. The fourth-order valence-electron chi connectivity index (χ4n) is 2.51. The van der Waals surface area contributed by atoms with Crippen molar-refractivity contribution in [2.24, 2.45) is 5.92 Å². The molecule has 0 aromatic carbocycles. The van der Waals surface area contributed by atoms with E-state index in [4.69, 9.17) is 4.98 Å². The Bertz CT molecular complexity index is 384. The Morgan fingerprint density at radius 2 is 2.06 bits per heavy atom. The topological polar surface area (TPSA) is 36.4 Å². The van der Waals surface area contributed by atoms with Crippen molar-refractivity contribution in [1.82, 2.24) is 4.98 Å². The van der Waals surface area contributed by atoms with E-state index in [0.29, 0.717) is 0 Å². The summed E-state index contributed by atoms with van der Waals surface area (Å²) in [5.74, 6) is 1.88. The van der Waals surface area contributed by atoms with Crippen molar-refractivity contribution in [3.05, 3.63) is 23.4 Å². The Morgan fingerprint density at radius 3 is 2.67 bits per heavy atom. The van der Waals surface area contributed by atoms with Crippen LogP contribution in [0.25, 0.3) is 0 Å². The molecule has 0 aliphatic carbocycles. The van der Waals surface area contributed by atoms with Crippen LogP contribution in [-0.2, 0) is 13.0 Å². The Hall–Kier alpha value is -1.09. The van der Waals surface area contributed by atoms with Crippen molar-refractivity contribution < 1.29 is 5.11 Å². The van der Waals surface area contributed by atoms with Gasteiger partial charge >= 0.3 is 0 Å². The first kappa shape index (κ1) is 13.3. The lowest BCUT2D eigenvalue weighted by molar-refractivity contribution is 0.281. The molecule has 1 aliphatic heterocycles. The first-order chi connectivity index (χ1) is 8.72. The Morgan fingerprint density at radius 1 is 1.33 bits per heavy atom. The van der Waals surface area contributed by atoms with E-state index >= 15 is 0 Å². The minimum atomic E-state index is 0.108. The van der Waals surface area contributed by atoms with Gasteiger partial charge in [0.1, 0.15) is 5.82 Å². The number of hydrogen-bond acceptors (Lipinski definition) is 3. The van der Waals surface area contributed by atoms with Crippen LogP contribution in [0.1, 0.15) is 44.4 Å². The third-order valence-electron chi connectivity index (χ3n) is 3.72. The maximum atomic E-state index is 9.35. The highest BCUT2D eigenvalue weighted by atomic mass is 16.3. The minimum Gasteiger partial charge on any atom is -0.392 e. The van der Waals surface area contributed by atoms with Crippen molar-refractivity contribution >= 4 is 5.82 Å². The van der Waals surface area contributed by atoms with Crippen LogP contribution in [0.3, 0.4) is 0 Å². The van der Waals surface area contributed by atoms with Crippen molar-refractivity contribution in [1.29, 1.82) is 0 Å². The van der Waals surface area contributed by atoms with Gasteiger partial charge in [0.25, 0.3) is 0 Å². The van der Waals surface area contributed by atoms with Gasteiger partial charge in [0.15, 0.2) is 0 Å². The van der Waals surface area contributed by atoms with Gasteiger partial charge in [-0.25, -0.2) is 4.98 Å². The molecular formula is C15H24N2O. The Labute approximate surface area is 110 Å². The average Bonchev–Trinajstić information content (AvgIpc) is 2.39. The van der Waals surface area contributed by atoms with E-state index in [2.05, 4.69) is 18.7 Å². The number of aliphatic hydroxyl groups excluding tert-OH is 1. The number of hydrogen-bond donors (Lipinski definition) is 1. The number of anilines is 1. The quantitative estimate of drug-likeness (QED) is 0.890. The zero-order valence-electron chi connectivity index (χ0n) is 11.5. The summed E-state index contributed by atoms with van der Waals surface area (Å²) in [4.78, 5) is 7.09. The van der Waals surface area contributed by atoms with Crippen LogP contribution < -0.4 is 4.90 Å². The monoisotopic (exact) mass is 248 g/mol. The van der Waals surface area contributed by atoms with Gasteiger partial charge in [-0.2, -0.15) is 0 Å². The van der Waals surface area contributed by atoms with E-state index in [1.54, 1.807) is 0 Å². The molecule has 2 heterocycles. The number of aryl methyl sites for hydroxylation is 1. The van der Waals surface area contributed by atoms with E-state index in [1.807, 2.05) is 12.1 Å². The van der Waals surface area contributed by atoms with Crippen LogP contribution in [0.15, 0.2) is 12.1 Å². The standard InChI is InChI=1S/C15H24N2O/c1-3-4-14-9-13(11-18)10-15(16-14)17-7-5-12(2)6-8-17/h9-10,12,18H,3-8,11H2,1-2H3. The van der Waals surface area contributed by atoms with Crippen LogP contribution in [-0.4, -0.2) is 23.2 Å². The Kier molecular flexibility index (Phi) is 4.59. The van der Waals surface area contributed by atoms with Gasteiger partial charge in [0.05, 0.1) is 6.61 Å². The third kappa shape index (κ3) is 3.22. The second-order valence-electron chi connectivity index (χ2n) is 5.40. The molecule has 1 saturated heterocycles. The van der Waals surface area contributed by atoms with Gasteiger partial charge in [-0.15, -0.1) is 0 Å².